The average Bonchev–Trinajstić information content (AvgIpc) is 3.28. The lowest BCUT2D eigenvalue weighted by molar-refractivity contribution is -0.0460. The van der Waals surface area contributed by atoms with Gasteiger partial charge in [-0.2, -0.15) is 4.98 Å². The molecule has 4 aromatic rings. The van der Waals surface area contributed by atoms with Crippen LogP contribution in [0.25, 0.3) is 11.0 Å². The van der Waals surface area contributed by atoms with E-state index in [4.69, 9.17) is 24.4 Å². The maximum atomic E-state index is 12.5. The summed E-state index contributed by atoms with van der Waals surface area (Å²) in [5, 5.41) is 20.0. The van der Waals surface area contributed by atoms with Crippen LogP contribution >= 0.6 is 0 Å². The maximum absolute atomic E-state index is 12.5. The van der Waals surface area contributed by atoms with Crippen LogP contribution in [0.1, 0.15) is 29.3 Å². The minimum atomic E-state index is -0.855. The van der Waals surface area contributed by atoms with Gasteiger partial charge in [-0.15, -0.1) is 0 Å². The molecule has 3 atom stereocenters. The van der Waals surface area contributed by atoms with E-state index >= 15 is 0 Å². The molecule has 2 aromatic heterocycles. The molecule has 0 bridgehead atoms. The van der Waals surface area contributed by atoms with Gasteiger partial charge in [-0.3, -0.25) is 4.57 Å². The first-order valence-electron chi connectivity index (χ1n) is 12.0. The molecule has 1 aliphatic heterocycles. The molecule has 3 heterocycles. The number of ether oxygens (including phenoxy) is 3. The molecule has 1 fully saturated rings. The number of hydrogen-bond acceptors (Lipinski definition) is 10. The Hall–Kier alpha value is -4.19. The molecule has 0 radical (unpaired) electrons. The Kier molecular flexibility index (Phi) is 7.14. The van der Waals surface area contributed by atoms with Gasteiger partial charge in [-0.1, -0.05) is 12.1 Å². The number of hydrogen-bond donors (Lipinski definition) is 3. The number of benzene rings is 2. The molecule has 2 aromatic carbocycles. The zero-order chi connectivity index (χ0) is 26.8. The molecule has 11 heteroatoms. The van der Waals surface area contributed by atoms with Crippen molar-refractivity contribution in [3.8, 4) is 11.6 Å². The molecule has 0 saturated carbocycles. The van der Waals surface area contributed by atoms with Crippen molar-refractivity contribution in [3.63, 3.8) is 0 Å². The van der Waals surface area contributed by atoms with Gasteiger partial charge in [-0.25, -0.2) is 9.59 Å². The summed E-state index contributed by atoms with van der Waals surface area (Å²) >= 11 is 0. The van der Waals surface area contributed by atoms with E-state index in [0.29, 0.717) is 28.1 Å². The van der Waals surface area contributed by atoms with Crippen molar-refractivity contribution in [1.82, 2.24) is 9.55 Å². The second-order valence-electron chi connectivity index (χ2n) is 9.10. The first-order chi connectivity index (χ1) is 18.3. The summed E-state index contributed by atoms with van der Waals surface area (Å²) in [4.78, 5) is 28.5. The summed E-state index contributed by atoms with van der Waals surface area (Å²) in [6.45, 7) is 1.77. The van der Waals surface area contributed by atoms with E-state index in [1.165, 1.54) is 10.6 Å². The minimum Gasteiger partial charge on any atom is -0.489 e. The Balaban J connectivity index is 1.21. The fraction of sp³-hybridized carbons (Fsp3) is 0.296. The highest BCUT2D eigenvalue weighted by Crippen LogP contribution is 2.28. The molecule has 1 unspecified atom stereocenters. The predicted octanol–water partition coefficient (Wildman–Crippen LogP) is 2.04. The molecule has 5 rings (SSSR count). The van der Waals surface area contributed by atoms with Crippen LogP contribution in [0.5, 0.6) is 11.6 Å². The summed E-state index contributed by atoms with van der Waals surface area (Å²) in [6, 6.07) is 13.7. The van der Waals surface area contributed by atoms with Crippen LogP contribution < -0.4 is 26.5 Å². The highest BCUT2D eigenvalue weighted by molar-refractivity contribution is 5.82. The van der Waals surface area contributed by atoms with Crippen molar-refractivity contribution in [3.05, 3.63) is 92.3 Å². The second-order valence-corrected chi connectivity index (χ2v) is 9.10. The summed E-state index contributed by atoms with van der Waals surface area (Å²) < 4.78 is 23.7. The van der Waals surface area contributed by atoms with Crippen molar-refractivity contribution in [2.45, 2.75) is 45.0 Å². The van der Waals surface area contributed by atoms with Gasteiger partial charge >= 0.3 is 11.3 Å². The number of nitrogen functional groups attached to an aromatic ring is 1. The third-order valence-corrected chi connectivity index (χ3v) is 6.33. The van der Waals surface area contributed by atoms with Gasteiger partial charge in [0.1, 0.15) is 36.9 Å². The van der Waals surface area contributed by atoms with Crippen LogP contribution in [-0.2, 0) is 18.0 Å². The van der Waals surface area contributed by atoms with Crippen molar-refractivity contribution in [2.75, 3.05) is 12.3 Å². The monoisotopic (exact) mass is 521 g/mol. The van der Waals surface area contributed by atoms with E-state index in [0.717, 1.165) is 10.9 Å². The molecule has 38 heavy (non-hydrogen) atoms. The van der Waals surface area contributed by atoms with Crippen LogP contribution in [-0.4, -0.2) is 38.6 Å². The Morgan fingerprint density at radius 2 is 1.89 bits per heavy atom. The van der Waals surface area contributed by atoms with Gasteiger partial charge in [0.15, 0.2) is 0 Å². The lowest BCUT2D eigenvalue weighted by Crippen LogP contribution is -2.28. The van der Waals surface area contributed by atoms with Gasteiger partial charge in [0.05, 0.1) is 12.7 Å². The summed E-state index contributed by atoms with van der Waals surface area (Å²) in [5.74, 6) is 0.793. The van der Waals surface area contributed by atoms with E-state index in [9.17, 15) is 19.8 Å². The van der Waals surface area contributed by atoms with Crippen LogP contribution in [0.2, 0.25) is 0 Å². The number of nitrogens with two attached hydrogens (primary N) is 1. The number of aliphatic hydroxyl groups excluding tert-OH is 2. The number of nitrogens with zero attached hydrogens (tertiary/aromatic N) is 2. The molecule has 0 amide bonds. The smallest absolute Gasteiger partial charge is 0.352 e. The number of anilines is 1. The highest BCUT2D eigenvalue weighted by Gasteiger charge is 2.35. The van der Waals surface area contributed by atoms with Gasteiger partial charge in [-0.05, 0) is 36.8 Å². The minimum absolute atomic E-state index is 0.169. The predicted molar refractivity (Wildman–Crippen MR) is 137 cm³/mol. The van der Waals surface area contributed by atoms with E-state index in [1.807, 2.05) is 12.1 Å². The third kappa shape index (κ3) is 5.40. The molecule has 0 aliphatic carbocycles. The van der Waals surface area contributed by atoms with Crippen LogP contribution in [0.3, 0.4) is 0 Å². The van der Waals surface area contributed by atoms with Crippen molar-refractivity contribution in [2.24, 2.45) is 0 Å². The number of aryl methyl sites for hydroxylation is 1. The fourth-order valence-corrected chi connectivity index (χ4v) is 4.32. The number of aliphatic hydroxyl groups is 2. The van der Waals surface area contributed by atoms with Gasteiger partial charge < -0.3 is 34.6 Å². The highest BCUT2D eigenvalue weighted by atomic mass is 16.5. The Bertz CT molecular complexity index is 1560. The molecule has 1 saturated heterocycles. The number of fused-ring (bicyclic) bond motifs is 1. The standard InChI is InChI=1S/C27H27N3O8/c1-15-11-30(24-10-21(32)23(12-31)37-24)27(34)29-26(15)36-13-16-2-5-19(6-3-16)35-14-17-8-25(33)38-22-9-18(28)4-7-20(17)22/h2-9,11,21,23-24,31-32H,10,12-14,28H2,1H3/t21-,23?,24+/m0/s1. The zero-order valence-corrected chi connectivity index (χ0v) is 20.6. The lowest BCUT2D eigenvalue weighted by atomic mass is 10.1. The summed E-state index contributed by atoms with van der Waals surface area (Å²) in [5.41, 5.74) is 7.77. The van der Waals surface area contributed by atoms with Crippen molar-refractivity contribution >= 4 is 16.7 Å². The van der Waals surface area contributed by atoms with E-state index < -0.39 is 29.8 Å². The SMILES string of the molecule is Cc1cn([C@H]2C[C@H](O)C(CO)O2)c(=O)nc1OCc1ccc(OCc2cc(=O)oc3cc(N)ccc23)cc1. The first-order valence-corrected chi connectivity index (χ1v) is 12.0. The lowest BCUT2D eigenvalue weighted by Gasteiger charge is -2.16. The van der Waals surface area contributed by atoms with E-state index in [2.05, 4.69) is 4.98 Å². The van der Waals surface area contributed by atoms with Gasteiger partial charge in [0, 0.05) is 47.0 Å². The Morgan fingerprint density at radius 3 is 2.63 bits per heavy atom. The number of aromatic nitrogens is 2. The summed E-state index contributed by atoms with van der Waals surface area (Å²) in [7, 11) is 0. The topological polar surface area (TPSA) is 159 Å². The van der Waals surface area contributed by atoms with E-state index in [1.54, 1.807) is 43.5 Å². The Labute approximate surface area is 216 Å². The summed E-state index contributed by atoms with van der Waals surface area (Å²) in [6.07, 6.45) is -0.541. The van der Waals surface area contributed by atoms with Crippen molar-refractivity contribution in [1.29, 1.82) is 0 Å². The molecule has 1 aliphatic rings. The van der Waals surface area contributed by atoms with E-state index in [-0.39, 0.29) is 32.1 Å². The second kappa shape index (κ2) is 10.7. The largest absolute Gasteiger partial charge is 0.489 e. The third-order valence-electron chi connectivity index (χ3n) is 6.33. The quantitative estimate of drug-likeness (QED) is 0.231. The molecular weight excluding hydrogens is 494 g/mol. The Morgan fingerprint density at radius 1 is 1.11 bits per heavy atom. The first kappa shape index (κ1) is 25.5. The molecule has 4 N–H and O–H groups in total. The molecular formula is C27H27N3O8. The van der Waals surface area contributed by atoms with Gasteiger partial charge in [0.2, 0.25) is 5.88 Å². The van der Waals surface area contributed by atoms with Crippen LogP contribution in [0.4, 0.5) is 5.69 Å². The van der Waals surface area contributed by atoms with Crippen LogP contribution in [0.15, 0.2) is 68.7 Å². The zero-order valence-electron chi connectivity index (χ0n) is 20.6. The average molecular weight is 522 g/mol. The molecule has 198 valence electrons. The maximum Gasteiger partial charge on any atom is 0.352 e. The number of rotatable bonds is 8. The normalized spacial score (nSPS) is 19.1. The molecule has 0 spiro atoms. The van der Waals surface area contributed by atoms with Gasteiger partial charge in [0.25, 0.3) is 0 Å². The fourth-order valence-electron chi connectivity index (χ4n) is 4.32. The van der Waals surface area contributed by atoms with Crippen LogP contribution in [0, 0.1) is 6.92 Å². The van der Waals surface area contributed by atoms with Crippen molar-refractivity contribution < 1.29 is 28.8 Å². The molecule has 11 nitrogen and oxygen atoms in total.